The Hall–Kier alpha value is -10.2. The molecular weight excluding hydrogens is 1220 g/mol. The molecule has 0 bridgehead atoms. The number of imidazole rings is 2. The van der Waals surface area contributed by atoms with Crippen molar-refractivity contribution in [3.63, 3.8) is 0 Å². The molecule has 16 aromatic rings. The van der Waals surface area contributed by atoms with Crippen molar-refractivity contribution < 1.29 is 20.1 Å². The number of pyridine rings is 5. The molecular formula is C77H50IrN7. The molecule has 7 aromatic heterocycles. The first-order valence-corrected chi connectivity index (χ1v) is 28.4. The van der Waals surface area contributed by atoms with E-state index in [0.29, 0.717) is 0 Å². The second-order valence-electron chi connectivity index (χ2n) is 21.8. The summed E-state index contributed by atoms with van der Waals surface area (Å²) in [6.07, 6.45) is 5.63. The summed E-state index contributed by atoms with van der Waals surface area (Å²) in [6, 6.07) is 87.4. The number of aryl methyl sites for hydroxylation is 4. The average Bonchev–Trinajstić information content (AvgIpc) is 3.43. The molecule has 0 atom stereocenters. The maximum atomic E-state index is 4.99. The normalized spacial score (nSPS) is 11.7. The standard InChI is InChI=1S/C77H50N7.Ir/c1-46-76-69-44-54(31-34-67(69)74-71(24-14-37-78-74)83(76)48(3)81-46)61-19-9-12-22-64(61)58-41-57(63-21-11-8-18-60(63)51-26-28-52(29-27-51)73-66-33-30-53(40-56(66)36-39-80-73)50-16-6-5-7-17-50)42-59(43-58)65-23-13-10-20-62(65)55-32-35-68-70(45-55)77-47(2)82-49(4)84(77)72-25-15-38-79-75(68)72;/h5-28,30-33,36-45H,1-4H3;/q-3;+3. The first-order chi connectivity index (χ1) is 41.3. The van der Waals surface area contributed by atoms with E-state index in [2.05, 4.69) is 255 Å². The van der Waals surface area contributed by atoms with Crippen LogP contribution >= 0.6 is 0 Å². The number of nitrogens with zero attached hydrogens (tertiary/aromatic N) is 7. The molecule has 16 rings (SSSR count). The van der Waals surface area contributed by atoms with Crippen molar-refractivity contribution in [1.82, 2.24) is 33.7 Å². The number of aromatic nitrogens is 7. The maximum Gasteiger partial charge on any atom is 3.00 e. The molecule has 0 radical (unpaired) electrons. The summed E-state index contributed by atoms with van der Waals surface area (Å²) in [7, 11) is 0. The molecule has 0 amide bonds. The molecule has 0 aliphatic heterocycles. The van der Waals surface area contributed by atoms with Gasteiger partial charge < -0.3 is 23.8 Å². The van der Waals surface area contributed by atoms with Crippen LogP contribution in [0.1, 0.15) is 23.0 Å². The molecule has 0 unspecified atom stereocenters. The summed E-state index contributed by atoms with van der Waals surface area (Å²) in [6.45, 7) is 8.33. The van der Waals surface area contributed by atoms with Crippen molar-refractivity contribution in [2.45, 2.75) is 27.7 Å². The van der Waals surface area contributed by atoms with Crippen LogP contribution in [0.4, 0.5) is 0 Å². The van der Waals surface area contributed by atoms with Gasteiger partial charge >= 0.3 is 20.1 Å². The number of hydrogen-bond acceptors (Lipinski definition) is 5. The fourth-order valence-electron chi connectivity index (χ4n) is 13.2. The predicted molar refractivity (Wildman–Crippen MR) is 344 cm³/mol. The second-order valence-corrected chi connectivity index (χ2v) is 21.8. The van der Waals surface area contributed by atoms with Crippen LogP contribution in [0.25, 0.3) is 155 Å². The average molecular weight is 1270 g/mol. The Morgan fingerprint density at radius 1 is 0.341 bits per heavy atom. The molecule has 7 nitrogen and oxygen atoms in total. The first kappa shape index (κ1) is 51.6. The van der Waals surface area contributed by atoms with Crippen LogP contribution in [0.5, 0.6) is 0 Å². The Morgan fingerprint density at radius 3 is 1.29 bits per heavy atom. The smallest absolute Gasteiger partial charge is 0.312 e. The van der Waals surface area contributed by atoms with Gasteiger partial charge in [-0.25, -0.2) is 9.97 Å². The van der Waals surface area contributed by atoms with Crippen LogP contribution in [-0.2, 0) is 20.1 Å². The molecule has 0 aliphatic carbocycles. The largest absolute Gasteiger partial charge is 3.00 e. The Morgan fingerprint density at radius 2 is 0.800 bits per heavy atom. The predicted octanol–water partition coefficient (Wildman–Crippen LogP) is 18.9. The molecule has 7 heterocycles. The Bertz CT molecular complexity index is 5140. The minimum absolute atomic E-state index is 0. The summed E-state index contributed by atoms with van der Waals surface area (Å²) in [5, 5.41) is 6.31. The van der Waals surface area contributed by atoms with E-state index < -0.39 is 0 Å². The van der Waals surface area contributed by atoms with Crippen molar-refractivity contribution in [1.29, 1.82) is 0 Å². The first-order valence-electron chi connectivity index (χ1n) is 28.4. The minimum atomic E-state index is 0. The van der Waals surface area contributed by atoms with Crippen molar-refractivity contribution >= 4 is 65.4 Å². The molecule has 0 saturated carbocycles. The summed E-state index contributed by atoms with van der Waals surface area (Å²) < 4.78 is 4.49. The number of rotatable bonds is 8. The van der Waals surface area contributed by atoms with E-state index in [0.717, 1.165) is 166 Å². The number of benzene rings is 9. The van der Waals surface area contributed by atoms with Gasteiger partial charge in [0.1, 0.15) is 11.6 Å². The summed E-state index contributed by atoms with van der Waals surface area (Å²) >= 11 is 0. The minimum Gasteiger partial charge on any atom is -0.312 e. The van der Waals surface area contributed by atoms with Crippen LogP contribution < -0.4 is 0 Å². The van der Waals surface area contributed by atoms with E-state index >= 15 is 0 Å². The van der Waals surface area contributed by atoms with Gasteiger partial charge in [-0.3, -0.25) is 0 Å². The van der Waals surface area contributed by atoms with Gasteiger partial charge in [0.15, 0.2) is 0 Å². The van der Waals surface area contributed by atoms with Gasteiger partial charge in [-0.1, -0.05) is 159 Å². The molecule has 0 fully saturated rings. The van der Waals surface area contributed by atoms with Crippen LogP contribution in [0.15, 0.2) is 231 Å². The zero-order chi connectivity index (χ0) is 56.2. The van der Waals surface area contributed by atoms with Gasteiger partial charge in [0.2, 0.25) is 0 Å². The zero-order valence-corrected chi connectivity index (χ0v) is 49.3. The Labute approximate surface area is 505 Å². The van der Waals surface area contributed by atoms with Gasteiger partial charge in [-0.15, -0.1) is 77.0 Å². The fourth-order valence-corrected chi connectivity index (χ4v) is 13.2. The Kier molecular flexibility index (Phi) is 12.5. The molecule has 402 valence electrons. The van der Waals surface area contributed by atoms with Gasteiger partial charge in [0.25, 0.3) is 0 Å². The molecule has 0 saturated heterocycles. The van der Waals surface area contributed by atoms with Crippen molar-refractivity contribution in [2.24, 2.45) is 0 Å². The van der Waals surface area contributed by atoms with Crippen molar-refractivity contribution in [3.05, 3.63) is 272 Å². The molecule has 0 aliphatic rings. The molecule has 9 aromatic carbocycles. The Balaban J connectivity index is 0.00000613. The van der Waals surface area contributed by atoms with Crippen molar-refractivity contribution in [3.8, 4) is 89.1 Å². The molecule has 0 N–H and O–H groups in total. The van der Waals surface area contributed by atoms with Gasteiger partial charge in [0.05, 0.1) is 11.4 Å². The number of hydrogen-bond donors (Lipinski definition) is 0. The quantitative estimate of drug-likeness (QED) is 0.112. The van der Waals surface area contributed by atoms with E-state index in [-0.39, 0.29) is 20.1 Å². The summed E-state index contributed by atoms with van der Waals surface area (Å²) in [5.41, 5.74) is 25.2. The van der Waals surface area contributed by atoms with Crippen molar-refractivity contribution in [2.75, 3.05) is 0 Å². The third-order valence-corrected chi connectivity index (χ3v) is 16.9. The zero-order valence-electron chi connectivity index (χ0n) is 46.9. The molecule has 8 heteroatoms. The fraction of sp³-hybridized carbons (Fsp3) is 0.0519. The summed E-state index contributed by atoms with van der Waals surface area (Å²) in [5.74, 6) is 1.86. The molecule has 85 heavy (non-hydrogen) atoms. The van der Waals surface area contributed by atoms with E-state index in [1.54, 1.807) is 0 Å². The maximum absolute atomic E-state index is 4.99. The molecule has 0 spiro atoms. The van der Waals surface area contributed by atoms with E-state index in [1.807, 2.05) is 30.7 Å². The number of fused-ring (bicyclic) bond motifs is 13. The van der Waals surface area contributed by atoms with Crippen LogP contribution in [0.3, 0.4) is 0 Å². The third kappa shape index (κ3) is 8.47. The van der Waals surface area contributed by atoms with Crippen LogP contribution in [0, 0.1) is 45.9 Å². The van der Waals surface area contributed by atoms with E-state index in [1.165, 1.54) is 11.1 Å². The van der Waals surface area contributed by atoms with E-state index in [9.17, 15) is 0 Å². The van der Waals surface area contributed by atoms with Crippen LogP contribution in [0.2, 0.25) is 0 Å². The monoisotopic (exact) mass is 1270 g/mol. The van der Waals surface area contributed by atoms with Gasteiger partial charge in [0, 0.05) is 51.7 Å². The van der Waals surface area contributed by atoms with Crippen LogP contribution in [-0.4, -0.2) is 33.7 Å². The topological polar surface area (TPSA) is 73.3 Å². The third-order valence-electron chi connectivity index (χ3n) is 16.9. The van der Waals surface area contributed by atoms with Gasteiger partial charge in [-0.2, -0.15) is 0 Å². The second kappa shape index (κ2) is 20.6. The van der Waals surface area contributed by atoms with Gasteiger partial charge in [-0.05, 0) is 143 Å². The van der Waals surface area contributed by atoms with E-state index in [4.69, 9.17) is 24.9 Å². The SMILES string of the molecule is Cc1nc(C)n2c3cccnc3c3[c-]cc(-c4ccccc4-c4cc(-c5ccccc5-c5c[c-]c(-c6nccc7cc(-c8ccccc8)ccc67)cc5)cc(-c5ccccc5-c5c[c-]c6c(c5)c5c(C)nc(C)n5c5cccnc65)c4)cc3c12.[Ir+3]. The summed E-state index contributed by atoms with van der Waals surface area (Å²) in [4.78, 5) is 24.7.